The van der Waals surface area contributed by atoms with E-state index in [2.05, 4.69) is 22.3 Å². The zero-order valence-corrected chi connectivity index (χ0v) is 11.8. The molecule has 0 aliphatic carbocycles. The molecule has 2 rings (SSSR count). The van der Waals surface area contributed by atoms with Gasteiger partial charge in [-0.3, -0.25) is 4.68 Å². The van der Waals surface area contributed by atoms with Crippen LogP contribution in [0, 0.1) is 0 Å². The van der Waals surface area contributed by atoms with Crippen LogP contribution < -0.4 is 5.32 Å². The number of anilines is 1. The average Bonchev–Trinajstić information content (AvgIpc) is 3.02. The fourth-order valence-electron chi connectivity index (χ4n) is 1.85. The Bertz CT molecular complexity index is 588. The molecule has 0 bridgehead atoms. The molecule has 1 N–H and O–H groups in total. The molecule has 0 aromatic carbocycles. The Morgan fingerprint density at radius 1 is 1.50 bits per heavy atom. The van der Waals surface area contributed by atoms with Crippen molar-refractivity contribution >= 4 is 12.0 Å². The van der Waals surface area contributed by atoms with Gasteiger partial charge in [0.1, 0.15) is 6.26 Å². The zero-order chi connectivity index (χ0) is 14.5. The highest BCUT2D eigenvalue weighted by Gasteiger charge is 2.13. The molecule has 0 unspecified atom stereocenters. The van der Waals surface area contributed by atoms with E-state index < -0.39 is 5.97 Å². The SMILES string of the molecule is CCOC(=O)c1coc(NCc2cn(C)nc2CC)n1. The topological polar surface area (TPSA) is 82.2 Å². The van der Waals surface area contributed by atoms with Crippen LogP contribution in [0.3, 0.4) is 0 Å². The van der Waals surface area contributed by atoms with Crippen molar-refractivity contribution in [1.29, 1.82) is 0 Å². The average molecular weight is 278 g/mol. The number of aromatic nitrogens is 3. The molecule has 0 radical (unpaired) electrons. The van der Waals surface area contributed by atoms with Crippen LogP contribution in [-0.4, -0.2) is 27.3 Å². The van der Waals surface area contributed by atoms with Crippen molar-refractivity contribution in [2.24, 2.45) is 7.05 Å². The second kappa shape index (κ2) is 6.23. The van der Waals surface area contributed by atoms with Gasteiger partial charge < -0.3 is 14.5 Å². The predicted molar refractivity (Wildman–Crippen MR) is 72.4 cm³/mol. The number of ether oxygens (including phenoxy) is 1. The molecule has 0 atom stereocenters. The lowest BCUT2D eigenvalue weighted by Crippen LogP contribution is -2.06. The Labute approximate surface area is 116 Å². The number of oxazole rings is 1. The summed E-state index contributed by atoms with van der Waals surface area (Å²) in [7, 11) is 1.88. The number of hydrogen-bond donors (Lipinski definition) is 1. The summed E-state index contributed by atoms with van der Waals surface area (Å²) in [6.07, 6.45) is 4.09. The fraction of sp³-hybridized carbons (Fsp3) is 0.462. The van der Waals surface area contributed by atoms with Crippen molar-refractivity contribution in [2.45, 2.75) is 26.8 Å². The second-order valence-corrected chi connectivity index (χ2v) is 4.24. The molecule has 108 valence electrons. The number of nitrogens with zero attached hydrogens (tertiary/aromatic N) is 3. The highest BCUT2D eigenvalue weighted by molar-refractivity contribution is 5.87. The summed E-state index contributed by atoms with van der Waals surface area (Å²) in [6, 6.07) is 0.291. The third kappa shape index (κ3) is 3.17. The maximum absolute atomic E-state index is 11.5. The van der Waals surface area contributed by atoms with Gasteiger partial charge in [0.2, 0.25) is 0 Å². The van der Waals surface area contributed by atoms with Crippen LogP contribution in [0.15, 0.2) is 16.9 Å². The molecule has 0 aliphatic rings. The summed E-state index contributed by atoms with van der Waals surface area (Å²) < 4.78 is 11.8. The summed E-state index contributed by atoms with van der Waals surface area (Å²) in [4.78, 5) is 15.5. The Balaban J connectivity index is 1.99. The quantitative estimate of drug-likeness (QED) is 0.811. The van der Waals surface area contributed by atoms with Crippen LogP contribution in [0.2, 0.25) is 0 Å². The number of hydrogen-bond acceptors (Lipinski definition) is 6. The maximum atomic E-state index is 11.5. The number of esters is 1. The Kier molecular flexibility index (Phi) is 4.39. The van der Waals surface area contributed by atoms with E-state index in [0.717, 1.165) is 17.7 Å². The van der Waals surface area contributed by atoms with Gasteiger partial charge in [-0.25, -0.2) is 4.79 Å². The van der Waals surface area contributed by atoms with Crippen LogP contribution in [0.4, 0.5) is 6.01 Å². The van der Waals surface area contributed by atoms with Crippen LogP contribution >= 0.6 is 0 Å². The molecule has 20 heavy (non-hydrogen) atoms. The van der Waals surface area contributed by atoms with Crippen molar-refractivity contribution in [3.05, 3.63) is 29.4 Å². The van der Waals surface area contributed by atoms with Crippen LogP contribution in [0.25, 0.3) is 0 Å². The zero-order valence-electron chi connectivity index (χ0n) is 11.8. The van der Waals surface area contributed by atoms with Gasteiger partial charge in [-0.1, -0.05) is 6.92 Å². The van der Waals surface area contributed by atoms with E-state index in [4.69, 9.17) is 9.15 Å². The number of nitrogens with one attached hydrogen (secondary N) is 1. The summed E-state index contributed by atoms with van der Waals surface area (Å²) in [6.45, 7) is 4.64. The Morgan fingerprint density at radius 2 is 2.30 bits per heavy atom. The lowest BCUT2D eigenvalue weighted by Gasteiger charge is -2.00. The Morgan fingerprint density at radius 3 is 3.00 bits per heavy atom. The molecular formula is C13H18N4O3. The van der Waals surface area contributed by atoms with Gasteiger partial charge in [-0.05, 0) is 13.3 Å². The lowest BCUT2D eigenvalue weighted by molar-refractivity contribution is 0.0519. The first kappa shape index (κ1) is 14.1. The smallest absolute Gasteiger partial charge is 0.360 e. The first-order valence-corrected chi connectivity index (χ1v) is 6.52. The summed E-state index contributed by atoms with van der Waals surface area (Å²) in [5.41, 5.74) is 2.26. The summed E-state index contributed by atoms with van der Waals surface area (Å²) >= 11 is 0. The van der Waals surface area contributed by atoms with E-state index in [-0.39, 0.29) is 5.69 Å². The van der Waals surface area contributed by atoms with Gasteiger partial charge in [-0.2, -0.15) is 10.1 Å². The highest BCUT2D eigenvalue weighted by atomic mass is 16.5. The standard InChI is InChI=1S/C13H18N4O3/c1-4-10-9(7-17(3)16-10)6-14-13-15-11(8-20-13)12(18)19-5-2/h7-8H,4-6H2,1-3H3,(H,14,15). The van der Waals surface area contributed by atoms with E-state index in [1.807, 2.05) is 13.2 Å². The summed E-state index contributed by atoms with van der Waals surface area (Å²) in [5, 5.41) is 7.38. The Hall–Kier alpha value is -2.31. The molecule has 0 saturated heterocycles. The second-order valence-electron chi connectivity index (χ2n) is 4.24. The third-order valence-corrected chi connectivity index (χ3v) is 2.75. The number of carbonyl (C=O) groups is 1. The van der Waals surface area contributed by atoms with E-state index in [1.54, 1.807) is 11.6 Å². The first-order chi connectivity index (χ1) is 9.63. The van der Waals surface area contributed by atoms with Crippen molar-refractivity contribution in [2.75, 3.05) is 11.9 Å². The van der Waals surface area contributed by atoms with Gasteiger partial charge in [0.05, 0.1) is 12.3 Å². The first-order valence-electron chi connectivity index (χ1n) is 6.52. The molecule has 7 nitrogen and oxygen atoms in total. The molecule has 0 saturated carbocycles. The van der Waals surface area contributed by atoms with Crippen molar-refractivity contribution in [3.8, 4) is 0 Å². The normalized spacial score (nSPS) is 10.6. The van der Waals surface area contributed by atoms with E-state index in [9.17, 15) is 4.79 Å². The number of rotatable bonds is 6. The molecular weight excluding hydrogens is 260 g/mol. The van der Waals surface area contributed by atoms with Gasteiger partial charge in [-0.15, -0.1) is 0 Å². The van der Waals surface area contributed by atoms with Crippen molar-refractivity contribution in [1.82, 2.24) is 14.8 Å². The van der Waals surface area contributed by atoms with Crippen LogP contribution in [0.1, 0.15) is 35.6 Å². The minimum absolute atomic E-state index is 0.163. The van der Waals surface area contributed by atoms with Gasteiger partial charge in [0, 0.05) is 25.4 Å². The summed E-state index contributed by atoms with van der Waals surface area (Å²) in [5.74, 6) is -0.486. The molecule has 0 spiro atoms. The molecule has 2 aromatic heterocycles. The third-order valence-electron chi connectivity index (χ3n) is 2.75. The largest absolute Gasteiger partial charge is 0.461 e. The predicted octanol–water partition coefficient (Wildman–Crippen LogP) is 1.76. The molecule has 0 fully saturated rings. The van der Waals surface area contributed by atoms with Crippen molar-refractivity contribution in [3.63, 3.8) is 0 Å². The molecule has 2 aromatic rings. The lowest BCUT2D eigenvalue weighted by atomic mass is 10.2. The molecule has 2 heterocycles. The highest BCUT2D eigenvalue weighted by Crippen LogP contribution is 2.12. The molecule has 7 heteroatoms. The van der Waals surface area contributed by atoms with Gasteiger partial charge in [0.15, 0.2) is 5.69 Å². The fourth-order valence-corrected chi connectivity index (χ4v) is 1.85. The monoisotopic (exact) mass is 278 g/mol. The van der Waals surface area contributed by atoms with Crippen LogP contribution in [0.5, 0.6) is 0 Å². The molecule has 0 aliphatic heterocycles. The van der Waals surface area contributed by atoms with Crippen molar-refractivity contribution < 1.29 is 13.9 Å². The van der Waals surface area contributed by atoms with E-state index in [0.29, 0.717) is 19.2 Å². The number of carbonyl (C=O) groups excluding carboxylic acids is 1. The van der Waals surface area contributed by atoms with Gasteiger partial charge >= 0.3 is 5.97 Å². The minimum Gasteiger partial charge on any atom is -0.461 e. The maximum Gasteiger partial charge on any atom is 0.360 e. The van der Waals surface area contributed by atoms with E-state index >= 15 is 0 Å². The minimum atomic E-state index is -0.486. The van der Waals surface area contributed by atoms with Crippen LogP contribution in [-0.2, 0) is 24.8 Å². The van der Waals surface area contributed by atoms with Gasteiger partial charge in [0.25, 0.3) is 6.01 Å². The number of aryl methyl sites for hydroxylation is 2. The molecule has 0 amide bonds. The van der Waals surface area contributed by atoms with E-state index in [1.165, 1.54) is 6.26 Å².